The molecule has 0 spiro atoms. The van der Waals surface area contributed by atoms with E-state index in [0.717, 1.165) is 9.86 Å². The number of para-hydroxylation sites is 2. The number of hydrogen-bond acceptors (Lipinski definition) is 10. The van der Waals surface area contributed by atoms with Crippen molar-refractivity contribution in [1.82, 2.24) is 14.3 Å². The number of amides is 1. The molecule has 4 atom stereocenters. The van der Waals surface area contributed by atoms with Gasteiger partial charge in [-0.3, -0.25) is 9.20 Å². The molecule has 2 aliphatic rings. The van der Waals surface area contributed by atoms with Crippen molar-refractivity contribution in [3.8, 4) is 11.5 Å². The molecule has 0 radical (unpaired) electrons. The SMILES string of the molecule is COc1ccccc1OC(=O)OCCC1(C)C(c2cn3cnc(SC)c3s2)=C(C(=O)O)N2C(=O)[C@H]([C@@H](C)O)[C@@H]21. The van der Waals surface area contributed by atoms with Gasteiger partial charge in [-0.05, 0) is 31.7 Å². The summed E-state index contributed by atoms with van der Waals surface area (Å²) in [5.41, 5.74) is -0.618. The topological polar surface area (TPSA) is 140 Å². The highest BCUT2D eigenvalue weighted by Gasteiger charge is 2.66. The maximum absolute atomic E-state index is 13.1. The molecule has 4 heterocycles. The highest BCUT2D eigenvalue weighted by Crippen LogP contribution is 2.60. The van der Waals surface area contributed by atoms with Crippen LogP contribution in [0.2, 0.25) is 0 Å². The Hall–Kier alpha value is -3.55. The summed E-state index contributed by atoms with van der Waals surface area (Å²) in [7, 11) is 1.46. The molecule has 5 rings (SSSR count). The second kappa shape index (κ2) is 10.2. The Morgan fingerprint density at radius 1 is 1.28 bits per heavy atom. The standard InChI is InChI=1S/C26H27N3O8S2/c1-13(30)17-20-26(2,9-10-36-25(34)37-15-8-6-5-7-14(15)35-3)18(19(24(32)33)29(20)22(17)31)16-11-28-12-27-21(38-4)23(28)39-16/h5-8,11-13,17,20,30H,9-10H2,1-4H3,(H,32,33)/t13-,17-,20-,26?/m1/s1. The number of aliphatic hydroxyl groups excluding tert-OH is 1. The van der Waals surface area contributed by atoms with Gasteiger partial charge in [0.1, 0.15) is 21.9 Å². The average Bonchev–Trinajstić information content (AvgIpc) is 3.52. The molecule has 1 saturated heterocycles. The minimum absolute atomic E-state index is 0.117. The summed E-state index contributed by atoms with van der Waals surface area (Å²) in [5.74, 6) is -1.92. The van der Waals surface area contributed by atoms with Crippen LogP contribution in [0.15, 0.2) is 47.5 Å². The first-order valence-corrected chi connectivity index (χ1v) is 14.1. The molecule has 2 aliphatic heterocycles. The number of methoxy groups -OCH3 is 1. The molecule has 0 aliphatic carbocycles. The average molecular weight is 574 g/mol. The van der Waals surface area contributed by atoms with Crippen LogP contribution in [-0.4, -0.2) is 74.6 Å². The molecule has 2 aromatic heterocycles. The van der Waals surface area contributed by atoms with Gasteiger partial charge in [0.15, 0.2) is 11.5 Å². The number of benzene rings is 1. The van der Waals surface area contributed by atoms with E-state index in [-0.39, 0.29) is 24.5 Å². The maximum Gasteiger partial charge on any atom is 0.513 e. The minimum atomic E-state index is -1.24. The van der Waals surface area contributed by atoms with Crippen molar-refractivity contribution >= 4 is 51.5 Å². The van der Waals surface area contributed by atoms with Gasteiger partial charge in [0, 0.05) is 17.2 Å². The van der Waals surface area contributed by atoms with Crippen LogP contribution in [-0.2, 0) is 14.3 Å². The third kappa shape index (κ3) is 4.34. The lowest BCUT2D eigenvalue weighted by Gasteiger charge is -2.50. The molecule has 13 heteroatoms. The summed E-state index contributed by atoms with van der Waals surface area (Å²) >= 11 is 2.85. The Morgan fingerprint density at radius 2 is 2.00 bits per heavy atom. The summed E-state index contributed by atoms with van der Waals surface area (Å²) in [6.07, 6.45) is 3.61. The highest BCUT2D eigenvalue weighted by atomic mass is 32.2. The lowest BCUT2D eigenvalue weighted by molar-refractivity contribution is -0.167. The van der Waals surface area contributed by atoms with Crippen LogP contribution in [0.5, 0.6) is 11.5 Å². The number of carboxylic acids is 1. The van der Waals surface area contributed by atoms with Crippen molar-refractivity contribution in [2.45, 2.75) is 37.4 Å². The zero-order valence-corrected chi connectivity index (χ0v) is 23.2. The quantitative estimate of drug-likeness (QED) is 0.168. The zero-order chi connectivity index (χ0) is 28.1. The fraction of sp³-hybridized carbons (Fsp3) is 0.385. The second-order valence-corrected chi connectivity index (χ2v) is 11.4. The Bertz CT molecular complexity index is 1500. The number of aliphatic hydroxyl groups is 1. The Balaban J connectivity index is 1.48. The van der Waals surface area contributed by atoms with E-state index in [2.05, 4.69) is 4.98 Å². The molecular formula is C26H27N3O8S2. The number of aromatic nitrogens is 2. The number of carboxylic acid groups (broad SMARTS) is 1. The van der Waals surface area contributed by atoms with Gasteiger partial charge < -0.3 is 29.3 Å². The van der Waals surface area contributed by atoms with Crippen molar-refractivity contribution in [2.24, 2.45) is 11.3 Å². The fourth-order valence-electron chi connectivity index (χ4n) is 5.53. The Kier molecular flexibility index (Phi) is 7.08. The number of thioether (sulfide) groups is 1. The highest BCUT2D eigenvalue weighted by molar-refractivity contribution is 7.98. The van der Waals surface area contributed by atoms with E-state index in [1.54, 1.807) is 36.8 Å². The third-order valence-corrected chi connectivity index (χ3v) is 9.23. The van der Waals surface area contributed by atoms with Crippen LogP contribution >= 0.6 is 23.1 Å². The van der Waals surface area contributed by atoms with Crippen molar-refractivity contribution in [3.05, 3.63) is 47.4 Å². The van der Waals surface area contributed by atoms with Crippen LogP contribution < -0.4 is 9.47 Å². The first kappa shape index (κ1) is 27.0. The minimum Gasteiger partial charge on any atom is -0.493 e. The fourth-order valence-corrected chi connectivity index (χ4v) is 7.49. The van der Waals surface area contributed by atoms with Crippen molar-refractivity contribution in [3.63, 3.8) is 0 Å². The molecule has 11 nitrogen and oxygen atoms in total. The van der Waals surface area contributed by atoms with E-state index in [1.165, 1.54) is 42.0 Å². The van der Waals surface area contributed by atoms with Crippen molar-refractivity contribution in [1.29, 1.82) is 0 Å². The lowest BCUT2D eigenvalue weighted by Crippen LogP contribution is -2.66. The van der Waals surface area contributed by atoms with Crippen molar-refractivity contribution in [2.75, 3.05) is 20.0 Å². The van der Waals surface area contributed by atoms with Crippen molar-refractivity contribution < 1.29 is 38.8 Å². The predicted molar refractivity (Wildman–Crippen MR) is 143 cm³/mol. The number of carbonyl (C=O) groups excluding carboxylic acids is 2. The van der Waals surface area contributed by atoms with Crippen LogP contribution in [0.3, 0.4) is 0 Å². The number of carbonyl (C=O) groups is 3. The number of ether oxygens (including phenoxy) is 3. The van der Waals surface area contributed by atoms with Crippen LogP contribution in [0, 0.1) is 11.3 Å². The molecule has 0 bridgehead atoms. The molecular weight excluding hydrogens is 546 g/mol. The number of β-lactam (4-membered cyclic amide) rings is 1. The van der Waals surface area contributed by atoms with E-state index in [0.29, 0.717) is 16.2 Å². The number of rotatable bonds is 9. The van der Waals surface area contributed by atoms with Gasteiger partial charge in [-0.1, -0.05) is 19.1 Å². The first-order chi connectivity index (χ1) is 18.6. The predicted octanol–water partition coefficient (Wildman–Crippen LogP) is 3.76. The van der Waals surface area contributed by atoms with Crippen LogP contribution in [0.25, 0.3) is 10.4 Å². The summed E-state index contributed by atoms with van der Waals surface area (Å²) < 4.78 is 17.7. The van der Waals surface area contributed by atoms with Gasteiger partial charge in [0.25, 0.3) is 0 Å². The molecule has 3 aromatic rings. The zero-order valence-electron chi connectivity index (χ0n) is 21.6. The summed E-state index contributed by atoms with van der Waals surface area (Å²) in [4.78, 5) is 45.3. The lowest BCUT2D eigenvalue weighted by atomic mass is 9.66. The second-order valence-electron chi connectivity index (χ2n) is 9.53. The molecule has 1 fully saturated rings. The summed E-state index contributed by atoms with van der Waals surface area (Å²) in [5, 5.41) is 21.5. The van der Waals surface area contributed by atoms with Gasteiger partial charge in [-0.25, -0.2) is 14.6 Å². The maximum atomic E-state index is 13.1. The molecule has 39 heavy (non-hydrogen) atoms. The van der Waals surface area contributed by atoms with Gasteiger partial charge >= 0.3 is 12.1 Å². The smallest absolute Gasteiger partial charge is 0.493 e. The van der Waals surface area contributed by atoms with Gasteiger partial charge in [-0.2, -0.15) is 0 Å². The molecule has 0 saturated carbocycles. The van der Waals surface area contributed by atoms with Gasteiger partial charge in [0.05, 0.1) is 36.7 Å². The third-order valence-electron chi connectivity index (χ3n) is 7.29. The Labute approximate surface area is 232 Å². The number of thiazole rings is 1. The molecule has 1 aromatic carbocycles. The van der Waals surface area contributed by atoms with E-state index in [9.17, 15) is 24.6 Å². The normalized spacial score (nSPS) is 23.0. The summed E-state index contributed by atoms with van der Waals surface area (Å²) in [6.45, 7) is 3.24. The van der Waals surface area contributed by atoms with E-state index in [1.807, 2.05) is 17.6 Å². The molecule has 206 valence electrons. The molecule has 1 amide bonds. The molecule has 1 unspecified atom stereocenters. The van der Waals surface area contributed by atoms with Crippen LogP contribution in [0.4, 0.5) is 4.79 Å². The number of fused-ring (bicyclic) bond motifs is 2. The summed E-state index contributed by atoms with van der Waals surface area (Å²) in [6, 6.07) is 6.01. The molecule has 2 N–H and O–H groups in total. The first-order valence-electron chi connectivity index (χ1n) is 12.1. The largest absolute Gasteiger partial charge is 0.513 e. The van der Waals surface area contributed by atoms with E-state index in [4.69, 9.17) is 14.2 Å². The number of imidazole rings is 1. The Morgan fingerprint density at radius 3 is 2.64 bits per heavy atom. The number of aliphatic carboxylic acids is 1. The monoisotopic (exact) mass is 573 g/mol. The van der Waals surface area contributed by atoms with E-state index >= 15 is 0 Å². The number of nitrogens with zero attached hydrogens (tertiary/aromatic N) is 3. The van der Waals surface area contributed by atoms with Gasteiger partial charge in [0.2, 0.25) is 5.91 Å². The number of hydrogen-bond donors (Lipinski definition) is 2. The van der Waals surface area contributed by atoms with E-state index < -0.39 is 41.5 Å². The van der Waals surface area contributed by atoms with Crippen LogP contribution in [0.1, 0.15) is 25.1 Å². The van der Waals surface area contributed by atoms with Gasteiger partial charge in [-0.15, -0.1) is 23.1 Å².